The zero-order valence-electron chi connectivity index (χ0n) is 9.86. The van der Waals surface area contributed by atoms with E-state index in [1.54, 1.807) is 0 Å². The Morgan fingerprint density at radius 1 is 1.28 bits per heavy atom. The van der Waals surface area contributed by atoms with Gasteiger partial charge in [0.05, 0.1) is 24.2 Å². The zero-order chi connectivity index (χ0) is 12.6. The highest BCUT2D eigenvalue weighted by Gasteiger charge is 2.41. The van der Waals surface area contributed by atoms with E-state index >= 15 is 0 Å². The highest BCUT2D eigenvalue weighted by molar-refractivity contribution is 9.11. The van der Waals surface area contributed by atoms with Crippen molar-refractivity contribution in [2.75, 3.05) is 31.2 Å². The van der Waals surface area contributed by atoms with Gasteiger partial charge in [-0.1, -0.05) is 0 Å². The Morgan fingerprint density at radius 3 is 2.78 bits per heavy atom. The van der Waals surface area contributed by atoms with Gasteiger partial charge in [-0.25, -0.2) is 4.98 Å². The van der Waals surface area contributed by atoms with Crippen molar-refractivity contribution in [2.45, 2.75) is 18.6 Å². The standard InChI is InChI=1S/C12H14Br2N2O2/c13-9-6-10(14)11(15-7-9)16-3-1-2-12(8-16)17-4-5-18-12/h6-7H,1-5,8H2. The van der Waals surface area contributed by atoms with Crippen LogP contribution in [-0.4, -0.2) is 37.1 Å². The average molecular weight is 378 g/mol. The summed E-state index contributed by atoms with van der Waals surface area (Å²) in [6.07, 6.45) is 3.85. The average Bonchev–Trinajstić information content (AvgIpc) is 2.77. The Morgan fingerprint density at radius 2 is 2.06 bits per heavy atom. The summed E-state index contributed by atoms with van der Waals surface area (Å²) in [4.78, 5) is 6.70. The number of hydrogen-bond donors (Lipinski definition) is 0. The molecule has 2 aliphatic rings. The highest BCUT2D eigenvalue weighted by Crippen LogP contribution is 2.35. The summed E-state index contributed by atoms with van der Waals surface area (Å²) in [5, 5.41) is 0. The first-order chi connectivity index (χ1) is 8.69. The van der Waals surface area contributed by atoms with Gasteiger partial charge in [-0.2, -0.15) is 0 Å². The van der Waals surface area contributed by atoms with Gasteiger partial charge in [-0.05, 0) is 44.3 Å². The maximum atomic E-state index is 5.78. The Balaban J connectivity index is 1.83. The number of nitrogens with zero attached hydrogens (tertiary/aromatic N) is 2. The van der Waals surface area contributed by atoms with Gasteiger partial charge in [0.15, 0.2) is 5.79 Å². The number of rotatable bonds is 1. The largest absolute Gasteiger partial charge is 0.350 e. The van der Waals surface area contributed by atoms with Gasteiger partial charge in [-0.15, -0.1) is 0 Å². The Bertz CT molecular complexity index is 450. The Hall–Kier alpha value is -0.170. The van der Waals surface area contributed by atoms with Crippen LogP contribution in [0.25, 0.3) is 0 Å². The molecular formula is C12H14Br2N2O2. The molecule has 2 aliphatic heterocycles. The molecule has 98 valence electrons. The molecule has 1 aromatic heterocycles. The number of pyridine rings is 1. The van der Waals surface area contributed by atoms with Crippen molar-refractivity contribution in [2.24, 2.45) is 0 Å². The second kappa shape index (κ2) is 5.07. The molecule has 0 aliphatic carbocycles. The van der Waals surface area contributed by atoms with E-state index < -0.39 is 5.79 Å². The predicted octanol–water partition coefficient (Wildman–Crippen LogP) is 2.95. The van der Waals surface area contributed by atoms with Crippen LogP contribution in [0.3, 0.4) is 0 Å². The summed E-state index contributed by atoms with van der Waals surface area (Å²) in [6.45, 7) is 3.13. The fourth-order valence-electron chi connectivity index (χ4n) is 2.54. The second-order valence-corrected chi connectivity index (χ2v) is 6.36. The summed E-state index contributed by atoms with van der Waals surface area (Å²) < 4.78 is 13.5. The van der Waals surface area contributed by atoms with Gasteiger partial charge < -0.3 is 14.4 Å². The van der Waals surface area contributed by atoms with E-state index in [1.807, 2.05) is 12.3 Å². The Labute approximate surface area is 123 Å². The van der Waals surface area contributed by atoms with Gasteiger partial charge >= 0.3 is 0 Å². The lowest BCUT2D eigenvalue weighted by molar-refractivity contribution is -0.161. The molecular weight excluding hydrogens is 364 g/mol. The van der Waals surface area contributed by atoms with E-state index in [4.69, 9.17) is 9.47 Å². The number of halogens is 2. The fourth-order valence-corrected chi connectivity index (χ4v) is 3.78. The molecule has 0 unspecified atom stereocenters. The van der Waals surface area contributed by atoms with Crippen molar-refractivity contribution >= 4 is 37.7 Å². The molecule has 18 heavy (non-hydrogen) atoms. The van der Waals surface area contributed by atoms with Crippen molar-refractivity contribution in [1.82, 2.24) is 4.98 Å². The maximum Gasteiger partial charge on any atom is 0.186 e. The lowest BCUT2D eigenvalue weighted by Crippen LogP contribution is -2.49. The molecule has 2 fully saturated rings. The van der Waals surface area contributed by atoms with Crippen molar-refractivity contribution < 1.29 is 9.47 Å². The molecule has 0 aromatic carbocycles. The summed E-state index contributed by atoms with van der Waals surface area (Å²) in [6, 6.07) is 2.01. The SMILES string of the molecule is Brc1cnc(N2CCCC3(C2)OCCO3)c(Br)c1. The van der Waals surface area contributed by atoms with Crippen LogP contribution >= 0.6 is 31.9 Å². The van der Waals surface area contributed by atoms with Crippen LogP contribution in [-0.2, 0) is 9.47 Å². The van der Waals surface area contributed by atoms with Gasteiger partial charge in [-0.3, -0.25) is 0 Å². The minimum absolute atomic E-state index is 0.410. The van der Waals surface area contributed by atoms with Gasteiger partial charge in [0.2, 0.25) is 0 Å². The summed E-state index contributed by atoms with van der Waals surface area (Å²) >= 11 is 6.98. The van der Waals surface area contributed by atoms with E-state index in [1.165, 1.54) is 0 Å². The van der Waals surface area contributed by atoms with Gasteiger partial charge in [0.1, 0.15) is 5.82 Å². The van der Waals surface area contributed by atoms with Crippen LogP contribution in [0.1, 0.15) is 12.8 Å². The zero-order valence-corrected chi connectivity index (χ0v) is 13.0. The first kappa shape index (κ1) is 12.8. The minimum atomic E-state index is -0.410. The van der Waals surface area contributed by atoms with Gasteiger partial charge in [0, 0.05) is 23.6 Å². The third-order valence-corrected chi connectivity index (χ3v) is 4.34. The third-order valence-electron chi connectivity index (χ3n) is 3.32. The second-order valence-electron chi connectivity index (χ2n) is 4.59. The molecule has 1 spiro atoms. The topological polar surface area (TPSA) is 34.6 Å². The summed E-state index contributed by atoms with van der Waals surface area (Å²) in [5.74, 6) is 0.545. The number of ether oxygens (including phenoxy) is 2. The number of piperidine rings is 1. The molecule has 2 saturated heterocycles. The molecule has 4 nitrogen and oxygen atoms in total. The van der Waals surface area contributed by atoms with Crippen molar-refractivity contribution in [3.8, 4) is 0 Å². The smallest absolute Gasteiger partial charge is 0.186 e. The first-order valence-corrected chi connectivity index (χ1v) is 7.61. The van der Waals surface area contributed by atoms with Crippen LogP contribution < -0.4 is 4.90 Å². The van der Waals surface area contributed by atoms with Crippen molar-refractivity contribution in [3.05, 3.63) is 21.2 Å². The molecule has 0 radical (unpaired) electrons. The molecule has 0 saturated carbocycles. The van der Waals surface area contributed by atoms with E-state index in [-0.39, 0.29) is 0 Å². The van der Waals surface area contributed by atoms with E-state index in [2.05, 4.69) is 41.7 Å². The van der Waals surface area contributed by atoms with Gasteiger partial charge in [0.25, 0.3) is 0 Å². The molecule has 3 heterocycles. The predicted molar refractivity (Wildman–Crippen MR) is 75.7 cm³/mol. The molecule has 6 heteroatoms. The molecule has 0 atom stereocenters. The molecule has 0 N–H and O–H groups in total. The molecule has 0 bridgehead atoms. The summed E-state index contributed by atoms with van der Waals surface area (Å²) in [7, 11) is 0. The highest BCUT2D eigenvalue weighted by atomic mass is 79.9. The maximum absolute atomic E-state index is 5.78. The van der Waals surface area contributed by atoms with E-state index in [0.29, 0.717) is 13.2 Å². The molecule has 3 rings (SSSR count). The number of aromatic nitrogens is 1. The lowest BCUT2D eigenvalue weighted by Gasteiger charge is -2.39. The van der Waals surface area contributed by atoms with Crippen molar-refractivity contribution in [1.29, 1.82) is 0 Å². The third kappa shape index (κ3) is 2.43. The number of hydrogen-bond acceptors (Lipinski definition) is 4. The minimum Gasteiger partial charge on any atom is -0.350 e. The van der Waals surface area contributed by atoms with E-state index in [9.17, 15) is 0 Å². The number of anilines is 1. The van der Waals surface area contributed by atoms with Crippen LogP contribution in [0.4, 0.5) is 5.82 Å². The molecule has 0 amide bonds. The first-order valence-electron chi connectivity index (χ1n) is 6.02. The van der Waals surface area contributed by atoms with Crippen LogP contribution in [0.2, 0.25) is 0 Å². The summed E-state index contributed by atoms with van der Waals surface area (Å²) in [5.41, 5.74) is 0. The van der Waals surface area contributed by atoms with Crippen LogP contribution in [0.15, 0.2) is 21.2 Å². The normalized spacial score (nSPS) is 22.7. The monoisotopic (exact) mass is 376 g/mol. The fraction of sp³-hybridized carbons (Fsp3) is 0.583. The molecule has 1 aromatic rings. The van der Waals surface area contributed by atoms with E-state index in [0.717, 1.165) is 40.7 Å². The van der Waals surface area contributed by atoms with Crippen LogP contribution in [0, 0.1) is 0 Å². The lowest BCUT2D eigenvalue weighted by atomic mass is 10.0. The Kier molecular flexibility index (Phi) is 3.62. The van der Waals surface area contributed by atoms with Crippen molar-refractivity contribution in [3.63, 3.8) is 0 Å². The quantitative estimate of drug-likeness (QED) is 0.753. The van der Waals surface area contributed by atoms with Crippen LogP contribution in [0.5, 0.6) is 0 Å².